The number of amides is 1. The van der Waals surface area contributed by atoms with Gasteiger partial charge in [0.2, 0.25) is 0 Å². The van der Waals surface area contributed by atoms with Crippen LogP contribution in [0.5, 0.6) is 0 Å². The molecule has 0 bridgehead atoms. The van der Waals surface area contributed by atoms with Gasteiger partial charge in [-0.2, -0.15) is 0 Å². The molecule has 5 nitrogen and oxygen atoms in total. The highest BCUT2D eigenvalue weighted by atomic mass is 16.6. The number of carbonyl (C=O) groups excluding carboxylic acids is 1. The lowest BCUT2D eigenvalue weighted by Gasteiger charge is -2.27. The first-order valence-electron chi connectivity index (χ1n) is 5.48. The molecule has 0 saturated heterocycles. The fourth-order valence-electron chi connectivity index (χ4n) is 2.09. The molecule has 0 atom stereocenters. The summed E-state index contributed by atoms with van der Waals surface area (Å²) < 4.78 is 4.45. The number of carbonyl (C=O) groups is 1. The third-order valence-corrected chi connectivity index (χ3v) is 3.00. The van der Waals surface area contributed by atoms with E-state index in [2.05, 4.69) is 27.1 Å². The van der Waals surface area contributed by atoms with Crippen molar-refractivity contribution in [3.63, 3.8) is 0 Å². The third-order valence-electron chi connectivity index (χ3n) is 3.00. The van der Waals surface area contributed by atoms with Crippen LogP contribution in [-0.2, 0) is 13.0 Å². The molecular formula is C12H11N3O2. The summed E-state index contributed by atoms with van der Waals surface area (Å²) in [5.41, 5.74) is 2.78. The topological polar surface area (TPSA) is 59.2 Å². The molecule has 0 fully saturated rings. The zero-order chi connectivity index (χ0) is 11.7. The summed E-state index contributed by atoms with van der Waals surface area (Å²) in [6.07, 6.45) is 2.23. The Hall–Kier alpha value is -2.17. The number of nitrogens with zero attached hydrogens (tertiary/aromatic N) is 3. The SMILES string of the molecule is O=C(c1cnon1)N1CCc2ccccc2C1. The zero-order valence-corrected chi connectivity index (χ0v) is 9.17. The lowest BCUT2D eigenvalue weighted by Crippen LogP contribution is -2.36. The van der Waals surface area contributed by atoms with E-state index in [4.69, 9.17) is 0 Å². The van der Waals surface area contributed by atoms with Crippen LogP contribution in [0.1, 0.15) is 21.6 Å². The van der Waals surface area contributed by atoms with Crippen molar-refractivity contribution in [3.05, 3.63) is 47.3 Å². The quantitative estimate of drug-likeness (QED) is 0.738. The Kier molecular flexibility index (Phi) is 2.36. The largest absolute Gasteiger partial charge is 0.332 e. The van der Waals surface area contributed by atoms with Crippen LogP contribution in [0.25, 0.3) is 0 Å². The maximum atomic E-state index is 12.0. The number of hydrogen-bond acceptors (Lipinski definition) is 4. The van der Waals surface area contributed by atoms with Gasteiger partial charge in [-0.15, -0.1) is 0 Å². The smallest absolute Gasteiger partial charge is 0.278 e. The van der Waals surface area contributed by atoms with Crippen molar-refractivity contribution in [2.24, 2.45) is 0 Å². The van der Waals surface area contributed by atoms with Gasteiger partial charge in [0.15, 0.2) is 5.69 Å². The summed E-state index contributed by atoms with van der Waals surface area (Å²) in [4.78, 5) is 13.8. The number of aromatic nitrogens is 2. The summed E-state index contributed by atoms with van der Waals surface area (Å²) in [6.45, 7) is 1.34. The Morgan fingerprint density at radius 1 is 1.29 bits per heavy atom. The van der Waals surface area contributed by atoms with E-state index in [1.54, 1.807) is 4.90 Å². The second-order valence-electron chi connectivity index (χ2n) is 4.04. The van der Waals surface area contributed by atoms with E-state index in [-0.39, 0.29) is 11.6 Å². The first-order valence-corrected chi connectivity index (χ1v) is 5.48. The number of benzene rings is 1. The van der Waals surface area contributed by atoms with Crippen molar-refractivity contribution < 1.29 is 9.42 Å². The maximum absolute atomic E-state index is 12.0. The molecule has 5 heteroatoms. The van der Waals surface area contributed by atoms with Crippen LogP contribution in [0.4, 0.5) is 0 Å². The Balaban J connectivity index is 1.83. The number of hydrogen-bond donors (Lipinski definition) is 0. The fourth-order valence-corrected chi connectivity index (χ4v) is 2.09. The summed E-state index contributed by atoms with van der Waals surface area (Å²) in [5.74, 6) is -0.124. The lowest BCUT2D eigenvalue weighted by atomic mass is 10.00. The standard InChI is InChI=1S/C12H11N3O2/c16-12(11-7-13-17-14-11)15-6-5-9-3-1-2-4-10(9)8-15/h1-4,7H,5-6,8H2. The van der Waals surface area contributed by atoms with Gasteiger partial charge in [0.1, 0.15) is 6.20 Å². The van der Waals surface area contributed by atoms with Gasteiger partial charge in [0, 0.05) is 13.1 Å². The summed E-state index contributed by atoms with van der Waals surface area (Å²) in [5, 5.41) is 7.02. The molecule has 17 heavy (non-hydrogen) atoms. The van der Waals surface area contributed by atoms with E-state index in [0.29, 0.717) is 13.1 Å². The van der Waals surface area contributed by atoms with E-state index in [0.717, 1.165) is 6.42 Å². The minimum Gasteiger partial charge on any atom is -0.332 e. The molecule has 0 spiro atoms. The van der Waals surface area contributed by atoms with Crippen molar-refractivity contribution >= 4 is 5.91 Å². The monoisotopic (exact) mass is 229 g/mol. The zero-order valence-electron chi connectivity index (χ0n) is 9.17. The molecule has 2 heterocycles. The van der Waals surface area contributed by atoms with E-state index in [9.17, 15) is 4.79 Å². The fraction of sp³-hybridized carbons (Fsp3) is 0.250. The van der Waals surface area contributed by atoms with Gasteiger partial charge in [-0.25, -0.2) is 4.63 Å². The highest BCUT2D eigenvalue weighted by Gasteiger charge is 2.23. The highest BCUT2D eigenvalue weighted by Crippen LogP contribution is 2.19. The van der Waals surface area contributed by atoms with Crippen molar-refractivity contribution in [3.8, 4) is 0 Å². The predicted octanol–water partition coefficient (Wildman–Crippen LogP) is 1.27. The predicted molar refractivity (Wildman–Crippen MR) is 59.2 cm³/mol. The van der Waals surface area contributed by atoms with Gasteiger partial charge in [0.05, 0.1) is 0 Å². The molecule has 1 amide bonds. The lowest BCUT2D eigenvalue weighted by molar-refractivity contribution is 0.0723. The van der Waals surface area contributed by atoms with Crippen molar-refractivity contribution in [2.75, 3.05) is 6.54 Å². The second kappa shape index (κ2) is 4.01. The van der Waals surface area contributed by atoms with Gasteiger partial charge < -0.3 is 4.90 Å². The highest BCUT2D eigenvalue weighted by molar-refractivity contribution is 5.91. The van der Waals surface area contributed by atoms with Crippen LogP contribution in [-0.4, -0.2) is 27.7 Å². The summed E-state index contributed by atoms with van der Waals surface area (Å²) >= 11 is 0. The first-order chi connectivity index (χ1) is 8.34. The molecule has 1 aromatic carbocycles. The minimum absolute atomic E-state index is 0.124. The molecule has 0 radical (unpaired) electrons. The van der Waals surface area contributed by atoms with E-state index < -0.39 is 0 Å². The van der Waals surface area contributed by atoms with Crippen molar-refractivity contribution in [1.82, 2.24) is 15.2 Å². The van der Waals surface area contributed by atoms with Crippen LogP contribution in [0.2, 0.25) is 0 Å². The normalized spacial score (nSPS) is 14.5. The summed E-state index contributed by atoms with van der Waals surface area (Å²) in [7, 11) is 0. The Labute approximate surface area is 98.0 Å². The average molecular weight is 229 g/mol. The van der Waals surface area contributed by atoms with Gasteiger partial charge in [0.25, 0.3) is 5.91 Å². The van der Waals surface area contributed by atoms with Crippen LogP contribution in [0.3, 0.4) is 0 Å². The molecule has 0 saturated carbocycles. The second-order valence-corrected chi connectivity index (χ2v) is 4.04. The average Bonchev–Trinajstić information content (AvgIpc) is 2.91. The Morgan fingerprint density at radius 3 is 2.88 bits per heavy atom. The van der Waals surface area contributed by atoms with Crippen LogP contribution in [0, 0.1) is 0 Å². The molecule has 1 aromatic heterocycles. The van der Waals surface area contributed by atoms with Gasteiger partial charge >= 0.3 is 0 Å². The number of rotatable bonds is 1. The number of fused-ring (bicyclic) bond motifs is 1. The molecular weight excluding hydrogens is 218 g/mol. The van der Waals surface area contributed by atoms with Crippen LogP contribution >= 0.6 is 0 Å². The van der Waals surface area contributed by atoms with Crippen molar-refractivity contribution in [2.45, 2.75) is 13.0 Å². The van der Waals surface area contributed by atoms with Crippen LogP contribution < -0.4 is 0 Å². The molecule has 3 rings (SSSR count). The molecule has 0 aliphatic carbocycles. The summed E-state index contributed by atoms with van der Waals surface area (Å²) in [6, 6.07) is 8.17. The molecule has 0 N–H and O–H groups in total. The van der Waals surface area contributed by atoms with Gasteiger partial charge in [-0.3, -0.25) is 4.79 Å². The molecule has 1 aliphatic heterocycles. The van der Waals surface area contributed by atoms with Gasteiger partial charge in [-0.05, 0) is 22.7 Å². The Morgan fingerprint density at radius 2 is 2.12 bits per heavy atom. The molecule has 0 unspecified atom stereocenters. The van der Waals surface area contributed by atoms with Crippen LogP contribution in [0.15, 0.2) is 35.1 Å². The Bertz CT molecular complexity index is 536. The van der Waals surface area contributed by atoms with E-state index in [1.165, 1.54) is 17.3 Å². The molecule has 86 valence electrons. The van der Waals surface area contributed by atoms with Gasteiger partial charge in [-0.1, -0.05) is 29.4 Å². The first kappa shape index (κ1) is 10.0. The minimum atomic E-state index is -0.124. The van der Waals surface area contributed by atoms with E-state index in [1.807, 2.05) is 12.1 Å². The molecule has 1 aliphatic rings. The molecule has 2 aromatic rings. The third kappa shape index (κ3) is 1.80. The maximum Gasteiger partial charge on any atom is 0.278 e. The van der Waals surface area contributed by atoms with Crippen molar-refractivity contribution in [1.29, 1.82) is 0 Å². The van der Waals surface area contributed by atoms with E-state index >= 15 is 0 Å².